The van der Waals surface area contributed by atoms with E-state index in [1.54, 1.807) is 16.9 Å². The van der Waals surface area contributed by atoms with E-state index in [0.29, 0.717) is 23.0 Å². The fourth-order valence-corrected chi connectivity index (χ4v) is 2.54. The molecule has 0 radical (unpaired) electrons. The summed E-state index contributed by atoms with van der Waals surface area (Å²) in [6.07, 6.45) is 2.05. The number of rotatable bonds is 4. The van der Waals surface area contributed by atoms with Crippen LogP contribution in [0.3, 0.4) is 0 Å². The zero-order valence-corrected chi connectivity index (χ0v) is 11.9. The standard InChI is InChI=1S/C13H14Cl2FN3/c1-2-19-13(11(15)7-18-19)12(17)5-8-3-4-9(16)6-10(8)14/h3-4,6-7,12H,2,5,17H2,1H3. The van der Waals surface area contributed by atoms with E-state index in [0.717, 1.165) is 11.3 Å². The van der Waals surface area contributed by atoms with Crippen molar-refractivity contribution in [3.8, 4) is 0 Å². The Bertz CT molecular complexity index is 583. The van der Waals surface area contributed by atoms with E-state index < -0.39 is 0 Å². The van der Waals surface area contributed by atoms with E-state index >= 15 is 0 Å². The third-order valence-corrected chi connectivity index (χ3v) is 3.58. The molecule has 6 heteroatoms. The van der Waals surface area contributed by atoms with Crippen molar-refractivity contribution in [2.24, 2.45) is 5.73 Å². The normalized spacial score (nSPS) is 12.7. The van der Waals surface area contributed by atoms with Crippen LogP contribution in [0.15, 0.2) is 24.4 Å². The van der Waals surface area contributed by atoms with Crippen molar-refractivity contribution in [1.82, 2.24) is 9.78 Å². The van der Waals surface area contributed by atoms with Gasteiger partial charge in [0, 0.05) is 11.6 Å². The predicted octanol–water partition coefficient (Wildman–Crippen LogP) is 3.59. The number of benzene rings is 1. The summed E-state index contributed by atoms with van der Waals surface area (Å²) < 4.78 is 14.7. The monoisotopic (exact) mass is 301 g/mol. The van der Waals surface area contributed by atoms with E-state index in [1.807, 2.05) is 6.92 Å². The van der Waals surface area contributed by atoms with Gasteiger partial charge in [-0.2, -0.15) is 5.10 Å². The summed E-state index contributed by atoms with van der Waals surface area (Å²) >= 11 is 12.1. The lowest BCUT2D eigenvalue weighted by atomic mass is 10.0. The number of nitrogens with two attached hydrogens (primary N) is 1. The molecular weight excluding hydrogens is 288 g/mol. The zero-order valence-electron chi connectivity index (χ0n) is 10.4. The zero-order chi connectivity index (χ0) is 14.0. The SMILES string of the molecule is CCn1ncc(Cl)c1C(N)Cc1ccc(F)cc1Cl. The van der Waals surface area contributed by atoms with Gasteiger partial charge in [0.25, 0.3) is 0 Å². The van der Waals surface area contributed by atoms with Crippen LogP contribution in [0, 0.1) is 5.82 Å². The quantitative estimate of drug-likeness (QED) is 0.938. The summed E-state index contributed by atoms with van der Waals surface area (Å²) in [5, 5.41) is 5.05. The van der Waals surface area contributed by atoms with Crippen molar-refractivity contribution in [2.75, 3.05) is 0 Å². The maximum absolute atomic E-state index is 13.0. The smallest absolute Gasteiger partial charge is 0.124 e. The molecule has 2 rings (SSSR count). The van der Waals surface area contributed by atoms with Crippen LogP contribution in [0.5, 0.6) is 0 Å². The van der Waals surface area contributed by atoms with Crippen LogP contribution >= 0.6 is 23.2 Å². The maximum Gasteiger partial charge on any atom is 0.124 e. The highest BCUT2D eigenvalue weighted by Gasteiger charge is 2.17. The number of halogens is 3. The average Bonchev–Trinajstić information content (AvgIpc) is 2.74. The Morgan fingerprint density at radius 2 is 2.11 bits per heavy atom. The molecule has 2 N–H and O–H groups in total. The van der Waals surface area contributed by atoms with E-state index in [1.165, 1.54) is 12.1 Å². The number of hydrogen-bond acceptors (Lipinski definition) is 2. The second kappa shape index (κ2) is 5.90. The first-order valence-corrected chi connectivity index (χ1v) is 6.69. The average molecular weight is 302 g/mol. The van der Waals surface area contributed by atoms with Gasteiger partial charge in [0.2, 0.25) is 0 Å². The van der Waals surface area contributed by atoms with Gasteiger partial charge in [0.05, 0.1) is 23.0 Å². The molecule has 102 valence electrons. The molecule has 1 unspecified atom stereocenters. The van der Waals surface area contributed by atoms with Crippen molar-refractivity contribution < 1.29 is 4.39 Å². The van der Waals surface area contributed by atoms with Gasteiger partial charge in [-0.1, -0.05) is 29.3 Å². The molecule has 0 aliphatic rings. The third-order valence-electron chi connectivity index (χ3n) is 2.94. The molecule has 1 aromatic carbocycles. The van der Waals surface area contributed by atoms with E-state index in [4.69, 9.17) is 28.9 Å². The largest absolute Gasteiger partial charge is 0.322 e. The fourth-order valence-electron chi connectivity index (χ4n) is 2.01. The molecule has 0 amide bonds. The molecule has 0 saturated heterocycles. The van der Waals surface area contributed by atoms with Gasteiger partial charge >= 0.3 is 0 Å². The first-order chi connectivity index (χ1) is 9.02. The Kier molecular flexibility index (Phi) is 4.45. The minimum atomic E-state index is -0.362. The summed E-state index contributed by atoms with van der Waals surface area (Å²) in [4.78, 5) is 0. The highest BCUT2D eigenvalue weighted by atomic mass is 35.5. The molecule has 0 aliphatic carbocycles. The molecule has 19 heavy (non-hydrogen) atoms. The van der Waals surface area contributed by atoms with Crippen LogP contribution in [-0.4, -0.2) is 9.78 Å². The molecule has 2 aromatic rings. The molecule has 0 fully saturated rings. The number of hydrogen-bond donors (Lipinski definition) is 1. The van der Waals surface area contributed by atoms with E-state index in [9.17, 15) is 4.39 Å². The molecule has 0 spiro atoms. The van der Waals surface area contributed by atoms with Crippen molar-refractivity contribution >= 4 is 23.2 Å². The number of nitrogens with zero attached hydrogens (tertiary/aromatic N) is 2. The fraction of sp³-hybridized carbons (Fsp3) is 0.308. The van der Waals surface area contributed by atoms with Crippen LogP contribution in [0.2, 0.25) is 10.0 Å². The molecule has 1 atom stereocenters. The molecule has 0 aliphatic heterocycles. The Labute approximate surface area is 121 Å². The highest BCUT2D eigenvalue weighted by molar-refractivity contribution is 6.31. The van der Waals surface area contributed by atoms with Crippen LogP contribution in [0.4, 0.5) is 4.39 Å². The van der Waals surface area contributed by atoms with Gasteiger partial charge in [-0.25, -0.2) is 4.39 Å². The van der Waals surface area contributed by atoms with E-state index in [2.05, 4.69) is 5.10 Å². The van der Waals surface area contributed by atoms with Crippen molar-refractivity contribution in [3.05, 3.63) is 51.5 Å². The third kappa shape index (κ3) is 3.08. The van der Waals surface area contributed by atoms with Crippen LogP contribution in [0.25, 0.3) is 0 Å². The first kappa shape index (κ1) is 14.3. The van der Waals surface area contributed by atoms with Gasteiger partial charge in [0.1, 0.15) is 5.82 Å². The lowest BCUT2D eigenvalue weighted by Gasteiger charge is -2.15. The lowest BCUT2D eigenvalue weighted by Crippen LogP contribution is -2.19. The van der Waals surface area contributed by atoms with Crippen LogP contribution in [0.1, 0.15) is 24.2 Å². The second-order valence-electron chi connectivity index (χ2n) is 4.24. The van der Waals surface area contributed by atoms with Crippen LogP contribution in [-0.2, 0) is 13.0 Å². The Hall–Kier alpha value is -1.10. The highest BCUT2D eigenvalue weighted by Crippen LogP contribution is 2.27. The number of aryl methyl sites for hydroxylation is 1. The van der Waals surface area contributed by atoms with Gasteiger partial charge in [-0.3, -0.25) is 4.68 Å². The molecule has 0 saturated carbocycles. The Morgan fingerprint density at radius 3 is 2.74 bits per heavy atom. The minimum absolute atomic E-state index is 0.335. The Balaban J connectivity index is 2.25. The van der Waals surface area contributed by atoms with Crippen molar-refractivity contribution in [3.63, 3.8) is 0 Å². The van der Waals surface area contributed by atoms with Gasteiger partial charge in [-0.15, -0.1) is 0 Å². The van der Waals surface area contributed by atoms with Gasteiger partial charge in [-0.05, 0) is 31.0 Å². The molecule has 3 nitrogen and oxygen atoms in total. The molecule has 1 heterocycles. The summed E-state index contributed by atoms with van der Waals surface area (Å²) in [6.45, 7) is 2.65. The topological polar surface area (TPSA) is 43.8 Å². The van der Waals surface area contributed by atoms with Crippen molar-refractivity contribution in [1.29, 1.82) is 0 Å². The second-order valence-corrected chi connectivity index (χ2v) is 5.05. The van der Waals surface area contributed by atoms with Crippen molar-refractivity contribution in [2.45, 2.75) is 25.9 Å². The lowest BCUT2D eigenvalue weighted by molar-refractivity contribution is 0.568. The molecule has 0 bridgehead atoms. The van der Waals surface area contributed by atoms with Crippen LogP contribution < -0.4 is 5.73 Å². The summed E-state index contributed by atoms with van der Waals surface area (Å²) in [5.74, 6) is -0.362. The first-order valence-electron chi connectivity index (χ1n) is 5.93. The summed E-state index contributed by atoms with van der Waals surface area (Å²) in [7, 11) is 0. The van der Waals surface area contributed by atoms with Gasteiger partial charge in [0.15, 0.2) is 0 Å². The molecule has 1 aromatic heterocycles. The predicted molar refractivity (Wildman–Crippen MR) is 75.0 cm³/mol. The summed E-state index contributed by atoms with van der Waals surface area (Å²) in [5.41, 5.74) is 7.71. The minimum Gasteiger partial charge on any atom is -0.322 e. The summed E-state index contributed by atoms with van der Waals surface area (Å²) in [6, 6.07) is 3.95. The van der Waals surface area contributed by atoms with E-state index in [-0.39, 0.29) is 11.9 Å². The molecular formula is C13H14Cl2FN3. The maximum atomic E-state index is 13.0. The number of aromatic nitrogens is 2. The van der Waals surface area contributed by atoms with Gasteiger partial charge < -0.3 is 5.73 Å². The Morgan fingerprint density at radius 1 is 1.37 bits per heavy atom.